The number of anilines is 1. The largest absolute Gasteiger partial charge is 0.444 e. The molecule has 0 aliphatic rings. The lowest BCUT2D eigenvalue weighted by molar-refractivity contribution is 0.102. The van der Waals surface area contributed by atoms with Crippen LogP contribution >= 0.6 is 11.6 Å². The summed E-state index contributed by atoms with van der Waals surface area (Å²) < 4.78 is 29.5. The first kappa shape index (κ1) is 21.8. The van der Waals surface area contributed by atoms with Crippen LogP contribution in [0.2, 0.25) is 5.02 Å². The number of oxazole rings is 1. The molecule has 6 nitrogen and oxygen atoms in total. The minimum Gasteiger partial charge on any atom is -0.444 e. The molecule has 0 aliphatic heterocycles. The van der Waals surface area contributed by atoms with Gasteiger partial charge in [-0.3, -0.25) is 4.79 Å². The first-order valence-electron chi connectivity index (χ1n) is 9.64. The molecule has 0 fully saturated rings. The number of nitrogens with zero attached hydrogens (tertiary/aromatic N) is 1. The quantitative estimate of drug-likeness (QED) is 0.412. The van der Waals surface area contributed by atoms with Crippen molar-refractivity contribution in [1.29, 1.82) is 0 Å². The van der Waals surface area contributed by atoms with Gasteiger partial charge in [0.1, 0.15) is 6.26 Å². The molecule has 0 saturated heterocycles. The van der Waals surface area contributed by atoms with Crippen LogP contribution in [0.15, 0.2) is 82.4 Å². The maximum Gasteiger partial charge on any atom is 0.256 e. The molecule has 0 bridgehead atoms. The predicted octanol–water partition coefficient (Wildman–Crippen LogP) is 5.63. The second-order valence-corrected chi connectivity index (χ2v) is 9.76. The molecule has 162 valence electrons. The fourth-order valence-corrected chi connectivity index (χ4v) is 4.17. The van der Waals surface area contributed by atoms with E-state index in [0.29, 0.717) is 33.3 Å². The van der Waals surface area contributed by atoms with E-state index in [2.05, 4.69) is 10.3 Å². The van der Waals surface area contributed by atoms with E-state index in [1.807, 2.05) is 31.2 Å². The van der Waals surface area contributed by atoms with E-state index in [4.69, 9.17) is 16.0 Å². The summed E-state index contributed by atoms with van der Waals surface area (Å²) in [5.41, 5.74) is 3.64. The molecular weight excluding hydrogens is 448 g/mol. The normalized spacial score (nSPS) is 11.3. The molecule has 3 aromatic carbocycles. The molecule has 0 radical (unpaired) electrons. The van der Waals surface area contributed by atoms with Gasteiger partial charge in [0, 0.05) is 17.5 Å². The third-order valence-electron chi connectivity index (χ3n) is 4.88. The van der Waals surface area contributed by atoms with E-state index in [1.165, 1.54) is 30.7 Å². The molecule has 0 unspecified atom stereocenters. The molecule has 32 heavy (non-hydrogen) atoms. The minimum atomic E-state index is -3.44. The highest BCUT2D eigenvalue weighted by atomic mass is 35.5. The Labute approximate surface area is 190 Å². The van der Waals surface area contributed by atoms with Crippen LogP contribution in [0.5, 0.6) is 0 Å². The number of halogens is 1. The summed E-state index contributed by atoms with van der Waals surface area (Å²) >= 11 is 6.25. The average Bonchev–Trinajstić information content (AvgIpc) is 3.28. The van der Waals surface area contributed by atoms with Crippen molar-refractivity contribution < 1.29 is 17.6 Å². The van der Waals surface area contributed by atoms with Gasteiger partial charge in [-0.05, 0) is 54.4 Å². The Balaban J connectivity index is 1.75. The van der Waals surface area contributed by atoms with Gasteiger partial charge in [0.15, 0.2) is 9.84 Å². The van der Waals surface area contributed by atoms with E-state index < -0.39 is 9.84 Å². The van der Waals surface area contributed by atoms with E-state index in [1.54, 1.807) is 18.2 Å². The van der Waals surface area contributed by atoms with Crippen LogP contribution in [0.3, 0.4) is 0 Å². The van der Waals surface area contributed by atoms with Gasteiger partial charge < -0.3 is 9.73 Å². The van der Waals surface area contributed by atoms with Crippen molar-refractivity contribution in [3.63, 3.8) is 0 Å². The Morgan fingerprint density at radius 3 is 2.53 bits per heavy atom. The summed E-state index contributed by atoms with van der Waals surface area (Å²) in [5, 5.41) is 3.29. The Morgan fingerprint density at radius 2 is 1.84 bits per heavy atom. The number of carbonyl (C=O) groups is 1. The number of rotatable bonds is 5. The van der Waals surface area contributed by atoms with Crippen molar-refractivity contribution >= 4 is 33.0 Å². The van der Waals surface area contributed by atoms with Gasteiger partial charge in [-0.15, -0.1) is 0 Å². The third kappa shape index (κ3) is 4.59. The summed E-state index contributed by atoms with van der Waals surface area (Å²) in [6, 6.07) is 17.0. The van der Waals surface area contributed by atoms with Crippen molar-refractivity contribution in [2.24, 2.45) is 0 Å². The predicted molar refractivity (Wildman–Crippen MR) is 125 cm³/mol. The molecule has 0 saturated carbocycles. The van der Waals surface area contributed by atoms with Gasteiger partial charge in [-0.25, -0.2) is 13.4 Å². The summed E-state index contributed by atoms with van der Waals surface area (Å²) in [5.74, 6) is -0.0497. The number of aryl methyl sites for hydroxylation is 1. The number of hydrogen-bond acceptors (Lipinski definition) is 5. The van der Waals surface area contributed by atoms with Crippen molar-refractivity contribution in [3.05, 3.63) is 89.3 Å². The topological polar surface area (TPSA) is 89.3 Å². The van der Waals surface area contributed by atoms with Gasteiger partial charge in [0.05, 0.1) is 21.7 Å². The molecule has 0 aliphatic carbocycles. The zero-order valence-electron chi connectivity index (χ0n) is 17.3. The standard InChI is InChI=1S/C24H19ClN2O4S/c1-15-4-3-5-16(12-15)20-14-18(32(2,29)30)7-8-19(20)23(28)27-17-6-9-22(25)21(13-17)24-26-10-11-31-24/h3-14H,1-2H3,(H,27,28). The lowest BCUT2D eigenvalue weighted by Gasteiger charge is -2.13. The second-order valence-electron chi connectivity index (χ2n) is 7.34. The molecular formula is C24H19ClN2O4S. The molecule has 1 aromatic heterocycles. The summed E-state index contributed by atoms with van der Waals surface area (Å²) in [6.45, 7) is 1.93. The summed E-state index contributed by atoms with van der Waals surface area (Å²) in [7, 11) is -3.44. The first-order chi connectivity index (χ1) is 15.2. The van der Waals surface area contributed by atoms with Gasteiger partial charge >= 0.3 is 0 Å². The van der Waals surface area contributed by atoms with Crippen LogP contribution in [-0.4, -0.2) is 25.6 Å². The highest BCUT2D eigenvalue weighted by molar-refractivity contribution is 7.90. The molecule has 1 N–H and O–H groups in total. The fraction of sp³-hybridized carbons (Fsp3) is 0.0833. The minimum absolute atomic E-state index is 0.142. The van der Waals surface area contributed by atoms with E-state index in [9.17, 15) is 13.2 Å². The maximum absolute atomic E-state index is 13.2. The van der Waals surface area contributed by atoms with E-state index >= 15 is 0 Å². The summed E-state index contributed by atoms with van der Waals surface area (Å²) in [4.78, 5) is 17.4. The Kier molecular flexibility index (Phi) is 5.86. The second kappa shape index (κ2) is 8.61. The van der Waals surface area contributed by atoms with Crippen molar-refractivity contribution in [3.8, 4) is 22.6 Å². The number of sulfone groups is 1. The van der Waals surface area contributed by atoms with Gasteiger partial charge in [0.25, 0.3) is 5.91 Å². The smallest absolute Gasteiger partial charge is 0.256 e. The number of nitrogens with one attached hydrogen (secondary N) is 1. The first-order valence-corrected chi connectivity index (χ1v) is 11.9. The Morgan fingerprint density at radius 1 is 1.03 bits per heavy atom. The molecule has 0 atom stereocenters. The maximum atomic E-state index is 13.2. The molecule has 1 heterocycles. The van der Waals surface area contributed by atoms with Crippen LogP contribution in [0, 0.1) is 6.92 Å². The van der Waals surface area contributed by atoms with Gasteiger partial charge in [0.2, 0.25) is 5.89 Å². The Hall–Kier alpha value is -3.42. The van der Waals surface area contributed by atoms with E-state index in [0.717, 1.165) is 17.4 Å². The Bertz CT molecular complexity index is 1410. The van der Waals surface area contributed by atoms with Crippen LogP contribution in [0.1, 0.15) is 15.9 Å². The number of benzene rings is 3. The molecule has 1 amide bonds. The van der Waals surface area contributed by atoms with Crippen LogP contribution in [-0.2, 0) is 9.84 Å². The zero-order chi connectivity index (χ0) is 22.9. The molecule has 0 spiro atoms. The van der Waals surface area contributed by atoms with Crippen LogP contribution in [0.4, 0.5) is 5.69 Å². The van der Waals surface area contributed by atoms with Gasteiger partial charge in [-0.1, -0.05) is 41.4 Å². The lowest BCUT2D eigenvalue weighted by Crippen LogP contribution is -2.14. The molecule has 8 heteroatoms. The molecule has 4 aromatic rings. The van der Waals surface area contributed by atoms with Crippen LogP contribution in [0.25, 0.3) is 22.6 Å². The third-order valence-corrected chi connectivity index (χ3v) is 6.32. The van der Waals surface area contributed by atoms with Crippen molar-refractivity contribution in [1.82, 2.24) is 4.98 Å². The fourth-order valence-electron chi connectivity index (χ4n) is 3.33. The molecule has 4 rings (SSSR count). The van der Waals surface area contributed by atoms with Crippen LogP contribution < -0.4 is 5.32 Å². The van der Waals surface area contributed by atoms with E-state index in [-0.39, 0.29) is 10.8 Å². The highest BCUT2D eigenvalue weighted by Crippen LogP contribution is 2.31. The monoisotopic (exact) mass is 466 g/mol. The number of hydrogen-bond donors (Lipinski definition) is 1. The summed E-state index contributed by atoms with van der Waals surface area (Å²) in [6.07, 6.45) is 4.09. The number of aromatic nitrogens is 1. The highest BCUT2D eigenvalue weighted by Gasteiger charge is 2.18. The van der Waals surface area contributed by atoms with Crippen molar-refractivity contribution in [2.75, 3.05) is 11.6 Å². The van der Waals surface area contributed by atoms with Gasteiger partial charge in [-0.2, -0.15) is 0 Å². The number of carbonyl (C=O) groups excluding carboxylic acids is 1. The van der Waals surface area contributed by atoms with Crippen molar-refractivity contribution in [2.45, 2.75) is 11.8 Å². The number of amides is 1. The SMILES string of the molecule is Cc1cccc(-c2cc(S(C)(=O)=O)ccc2C(=O)Nc2ccc(Cl)c(-c3ncco3)c2)c1. The lowest BCUT2D eigenvalue weighted by atomic mass is 9.97. The average molecular weight is 467 g/mol. The zero-order valence-corrected chi connectivity index (χ0v) is 18.9.